The first-order valence-electron chi connectivity index (χ1n) is 6.41. The van der Waals surface area contributed by atoms with Gasteiger partial charge in [0.1, 0.15) is 11.9 Å². The number of halogens is 1. The van der Waals surface area contributed by atoms with Crippen molar-refractivity contribution in [3.63, 3.8) is 0 Å². The molecule has 3 nitrogen and oxygen atoms in total. The summed E-state index contributed by atoms with van der Waals surface area (Å²) in [5.74, 6) is -0.554. The van der Waals surface area contributed by atoms with E-state index in [-0.39, 0.29) is 18.3 Å². The molecule has 0 saturated heterocycles. The Morgan fingerprint density at radius 1 is 1.25 bits per heavy atom. The first kappa shape index (κ1) is 14.2. The number of aryl methyl sites for hydroxylation is 1. The van der Waals surface area contributed by atoms with Crippen molar-refractivity contribution in [1.29, 1.82) is 0 Å². The van der Waals surface area contributed by atoms with Crippen molar-refractivity contribution < 1.29 is 9.18 Å². The van der Waals surface area contributed by atoms with Gasteiger partial charge in [-0.3, -0.25) is 4.79 Å². The Bertz CT molecular complexity index is 599. The molecule has 0 aliphatic heterocycles. The van der Waals surface area contributed by atoms with Gasteiger partial charge in [0.15, 0.2) is 0 Å². The summed E-state index contributed by atoms with van der Waals surface area (Å²) in [5.41, 5.74) is 7.91. The lowest BCUT2D eigenvalue weighted by Gasteiger charge is -2.12. The average Bonchev–Trinajstić information content (AvgIpc) is 2.48. The van der Waals surface area contributed by atoms with E-state index in [9.17, 15) is 9.18 Å². The minimum atomic E-state index is -0.716. The number of carbonyl (C=O) groups is 1. The van der Waals surface area contributed by atoms with Gasteiger partial charge in [-0.1, -0.05) is 42.5 Å². The number of amides is 1. The van der Waals surface area contributed by atoms with Crippen LogP contribution in [0.15, 0.2) is 48.5 Å². The van der Waals surface area contributed by atoms with E-state index < -0.39 is 6.04 Å². The SMILES string of the molecule is Cc1ccc(CNC(=O)C(N)c2ccccc2)cc1F. The highest BCUT2D eigenvalue weighted by Gasteiger charge is 2.14. The van der Waals surface area contributed by atoms with Crippen molar-refractivity contribution in [3.8, 4) is 0 Å². The summed E-state index contributed by atoms with van der Waals surface area (Å²) < 4.78 is 13.4. The minimum Gasteiger partial charge on any atom is -0.350 e. The predicted octanol–water partition coefficient (Wildman–Crippen LogP) is 2.45. The fraction of sp³-hybridized carbons (Fsp3) is 0.188. The van der Waals surface area contributed by atoms with Crippen LogP contribution in [0, 0.1) is 12.7 Å². The van der Waals surface area contributed by atoms with E-state index in [1.54, 1.807) is 31.2 Å². The molecule has 0 bridgehead atoms. The van der Waals surface area contributed by atoms with Gasteiger partial charge in [0, 0.05) is 6.54 Å². The number of nitrogens with two attached hydrogens (primary N) is 1. The number of carbonyl (C=O) groups excluding carboxylic acids is 1. The van der Waals surface area contributed by atoms with Gasteiger partial charge >= 0.3 is 0 Å². The third-order valence-electron chi connectivity index (χ3n) is 3.14. The number of hydrogen-bond donors (Lipinski definition) is 2. The zero-order chi connectivity index (χ0) is 14.5. The van der Waals surface area contributed by atoms with Crippen LogP contribution in [0.4, 0.5) is 4.39 Å². The lowest BCUT2D eigenvalue weighted by Crippen LogP contribution is -2.33. The summed E-state index contributed by atoms with van der Waals surface area (Å²) in [5, 5.41) is 2.71. The molecule has 0 spiro atoms. The molecular weight excluding hydrogens is 255 g/mol. The molecule has 0 heterocycles. The molecule has 2 rings (SSSR count). The molecule has 0 radical (unpaired) electrons. The summed E-state index contributed by atoms with van der Waals surface area (Å²) in [6.45, 7) is 1.96. The van der Waals surface area contributed by atoms with Crippen molar-refractivity contribution in [3.05, 3.63) is 71.0 Å². The molecule has 4 heteroatoms. The van der Waals surface area contributed by atoms with Gasteiger partial charge in [0.25, 0.3) is 0 Å². The van der Waals surface area contributed by atoms with Crippen molar-refractivity contribution in [1.82, 2.24) is 5.32 Å². The van der Waals surface area contributed by atoms with Gasteiger partial charge in [-0.2, -0.15) is 0 Å². The summed E-state index contributed by atoms with van der Waals surface area (Å²) in [6.07, 6.45) is 0. The topological polar surface area (TPSA) is 55.1 Å². The number of hydrogen-bond acceptors (Lipinski definition) is 2. The smallest absolute Gasteiger partial charge is 0.241 e. The zero-order valence-corrected chi connectivity index (χ0v) is 11.3. The molecule has 0 fully saturated rings. The summed E-state index contributed by atoms with van der Waals surface area (Å²) >= 11 is 0. The molecule has 1 amide bonds. The van der Waals surface area contributed by atoms with Crippen LogP contribution in [-0.2, 0) is 11.3 Å². The second-order valence-corrected chi connectivity index (χ2v) is 4.69. The van der Waals surface area contributed by atoms with Gasteiger partial charge in [-0.05, 0) is 29.7 Å². The Balaban J connectivity index is 1.96. The van der Waals surface area contributed by atoms with Crippen LogP contribution in [0.5, 0.6) is 0 Å². The molecule has 20 heavy (non-hydrogen) atoms. The van der Waals surface area contributed by atoms with Crippen molar-refractivity contribution in [2.24, 2.45) is 5.73 Å². The Labute approximate surface area is 117 Å². The van der Waals surface area contributed by atoms with E-state index in [0.717, 1.165) is 5.56 Å². The molecule has 0 saturated carbocycles. The zero-order valence-electron chi connectivity index (χ0n) is 11.3. The molecular formula is C16H17FN2O. The third-order valence-corrected chi connectivity index (χ3v) is 3.14. The van der Waals surface area contributed by atoms with Gasteiger partial charge in [0.05, 0.1) is 0 Å². The highest BCUT2D eigenvalue weighted by atomic mass is 19.1. The number of benzene rings is 2. The molecule has 1 atom stereocenters. The first-order valence-corrected chi connectivity index (χ1v) is 6.41. The highest BCUT2D eigenvalue weighted by molar-refractivity contribution is 5.82. The molecule has 1 unspecified atom stereocenters. The maximum atomic E-state index is 13.4. The fourth-order valence-electron chi connectivity index (χ4n) is 1.86. The Kier molecular flexibility index (Phi) is 4.48. The Hall–Kier alpha value is -2.20. The Morgan fingerprint density at radius 2 is 1.95 bits per heavy atom. The normalized spacial score (nSPS) is 11.9. The maximum Gasteiger partial charge on any atom is 0.241 e. The van der Waals surface area contributed by atoms with Gasteiger partial charge in [-0.15, -0.1) is 0 Å². The minimum absolute atomic E-state index is 0.260. The lowest BCUT2D eigenvalue weighted by atomic mass is 10.1. The van der Waals surface area contributed by atoms with E-state index in [2.05, 4.69) is 5.32 Å². The van der Waals surface area contributed by atoms with Crippen molar-refractivity contribution in [2.45, 2.75) is 19.5 Å². The van der Waals surface area contributed by atoms with Crippen LogP contribution in [0.3, 0.4) is 0 Å². The number of nitrogens with one attached hydrogen (secondary N) is 1. The van der Waals surface area contributed by atoms with Crippen molar-refractivity contribution >= 4 is 5.91 Å². The first-order chi connectivity index (χ1) is 9.58. The maximum absolute atomic E-state index is 13.4. The standard InChI is InChI=1S/C16H17FN2O/c1-11-7-8-12(9-14(11)17)10-19-16(20)15(18)13-5-3-2-4-6-13/h2-9,15H,10,18H2,1H3,(H,19,20). The van der Waals surface area contributed by atoms with Crippen LogP contribution in [0.1, 0.15) is 22.7 Å². The van der Waals surface area contributed by atoms with E-state index in [1.165, 1.54) is 6.07 Å². The molecule has 0 aliphatic rings. The lowest BCUT2D eigenvalue weighted by molar-refractivity contribution is -0.122. The van der Waals surface area contributed by atoms with Crippen molar-refractivity contribution in [2.75, 3.05) is 0 Å². The van der Waals surface area contributed by atoms with Gasteiger partial charge in [-0.25, -0.2) is 4.39 Å². The third kappa shape index (κ3) is 3.42. The summed E-state index contributed by atoms with van der Waals surface area (Å²) in [7, 11) is 0. The molecule has 104 valence electrons. The summed E-state index contributed by atoms with van der Waals surface area (Å²) in [4.78, 5) is 11.9. The summed E-state index contributed by atoms with van der Waals surface area (Å²) in [6, 6.07) is 13.3. The number of rotatable bonds is 4. The van der Waals surface area contributed by atoms with Crippen LogP contribution in [0.25, 0.3) is 0 Å². The monoisotopic (exact) mass is 272 g/mol. The second-order valence-electron chi connectivity index (χ2n) is 4.69. The average molecular weight is 272 g/mol. The Morgan fingerprint density at radius 3 is 2.60 bits per heavy atom. The van der Waals surface area contributed by atoms with E-state index in [0.29, 0.717) is 11.1 Å². The van der Waals surface area contributed by atoms with E-state index in [4.69, 9.17) is 5.73 Å². The van der Waals surface area contributed by atoms with Gasteiger partial charge < -0.3 is 11.1 Å². The quantitative estimate of drug-likeness (QED) is 0.898. The van der Waals surface area contributed by atoms with Crippen LogP contribution in [0.2, 0.25) is 0 Å². The largest absolute Gasteiger partial charge is 0.350 e. The molecule has 0 aliphatic carbocycles. The molecule has 0 aromatic heterocycles. The fourth-order valence-corrected chi connectivity index (χ4v) is 1.86. The van der Waals surface area contributed by atoms with Crippen LogP contribution in [-0.4, -0.2) is 5.91 Å². The van der Waals surface area contributed by atoms with Gasteiger partial charge in [0.2, 0.25) is 5.91 Å². The van der Waals surface area contributed by atoms with E-state index in [1.807, 2.05) is 18.2 Å². The van der Waals surface area contributed by atoms with E-state index >= 15 is 0 Å². The molecule has 3 N–H and O–H groups in total. The molecule has 2 aromatic carbocycles. The van der Waals surface area contributed by atoms with Crippen LogP contribution >= 0.6 is 0 Å². The second kappa shape index (κ2) is 6.30. The highest BCUT2D eigenvalue weighted by Crippen LogP contribution is 2.11. The predicted molar refractivity (Wildman–Crippen MR) is 76.4 cm³/mol. The molecule has 2 aromatic rings. The van der Waals surface area contributed by atoms with Crippen LogP contribution < -0.4 is 11.1 Å².